The van der Waals surface area contributed by atoms with Gasteiger partial charge in [0, 0.05) is 10.6 Å². The van der Waals surface area contributed by atoms with E-state index >= 15 is 0 Å². The van der Waals surface area contributed by atoms with Crippen LogP contribution in [0.4, 0.5) is 10.5 Å². The maximum atomic E-state index is 12.3. The number of thiocyanates is 1. The lowest BCUT2D eigenvalue weighted by Crippen LogP contribution is -2.31. The first-order chi connectivity index (χ1) is 14.8. The van der Waals surface area contributed by atoms with E-state index in [9.17, 15) is 19.5 Å². The SMILES string of the molecule is Cc1cccc(-n2c(O)c(C=NC(=O)Nc3ccc(SC#N)cc3)c(=O)[nH]c2=O)c1C. The van der Waals surface area contributed by atoms with Crippen molar-refractivity contribution >= 4 is 29.7 Å². The molecule has 2 amide bonds. The van der Waals surface area contributed by atoms with Crippen molar-refractivity contribution < 1.29 is 9.90 Å². The van der Waals surface area contributed by atoms with E-state index in [1.54, 1.807) is 43.3 Å². The van der Waals surface area contributed by atoms with Gasteiger partial charge in [0.25, 0.3) is 5.56 Å². The molecule has 0 unspecified atom stereocenters. The van der Waals surface area contributed by atoms with Crippen LogP contribution in [0.3, 0.4) is 0 Å². The molecule has 31 heavy (non-hydrogen) atoms. The smallest absolute Gasteiger partial charge is 0.345 e. The largest absolute Gasteiger partial charge is 0.493 e. The number of urea groups is 1. The molecule has 9 nitrogen and oxygen atoms in total. The minimum absolute atomic E-state index is 0.337. The predicted molar refractivity (Wildman–Crippen MR) is 118 cm³/mol. The van der Waals surface area contributed by atoms with Crippen LogP contribution in [-0.2, 0) is 0 Å². The van der Waals surface area contributed by atoms with E-state index in [0.717, 1.165) is 33.7 Å². The van der Waals surface area contributed by atoms with Crippen LogP contribution < -0.4 is 16.6 Å². The zero-order chi connectivity index (χ0) is 22.5. The van der Waals surface area contributed by atoms with Crippen molar-refractivity contribution in [3.63, 3.8) is 0 Å². The van der Waals surface area contributed by atoms with Gasteiger partial charge in [0.15, 0.2) is 0 Å². The third kappa shape index (κ3) is 4.73. The van der Waals surface area contributed by atoms with Crippen molar-refractivity contribution in [2.75, 3.05) is 5.32 Å². The number of nitrogens with zero attached hydrogens (tertiary/aromatic N) is 3. The lowest BCUT2D eigenvalue weighted by atomic mass is 10.1. The molecule has 0 saturated carbocycles. The molecule has 3 aromatic rings. The highest BCUT2D eigenvalue weighted by atomic mass is 32.2. The number of H-pyrrole nitrogens is 1. The lowest BCUT2D eigenvalue weighted by Gasteiger charge is -2.13. The number of aromatic nitrogens is 2. The zero-order valence-electron chi connectivity index (χ0n) is 16.5. The fourth-order valence-electron chi connectivity index (χ4n) is 2.79. The van der Waals surface area contributed by atoms with Gasteiger partial charge in [-0.2, -0.15) is 5.26 Å². The number of rotatable bonds is 4. The van der Waals surface area contributed by atoms with Gasteiger partial charge in [-0.05, 0) is 67.1 Å². The van der Waals surface area contributed by atoms with Crippen LogP contribution in [0, 0.1) is 24.5 Å². The highest BCUT2D eigenvalue weighted by Crippen LogP contribution is 2.21. The number of anilines is 1. The van der Waals surface area contributed by atoms with Crippen LogP contribution >= 0.6 is 11.8 Å². The Morgan fingerprint density at radius 1 is 1.23 bits per heavy atom. The summed E-state index contributed by atoms with van der Waals surface area (Å²) in [6.45, 7) is 3.63. The topological polar surface area (TPSA) is 140 Å². The summed E-state index contributed by atoms with van der Waals surface area (Å²) in [6, 6.07) is 10.9. The van der Waals surface area contributed by atoms with Gasteiger partial charge in [0.1, 0.15) is 11.0 Å². The number of nitrogens with one attached hydrogen (secondary N) is 2. The summed E-state index contributed by atoms with van der Waals surface area (Å²) in [5, 5.41) is 23.7. The van der Waals surface area contributed by atoms with Crippen LogP contribution in [0.5, 0.6) is 5.88 Å². The molecule has 0 saturated heterocycles. The highest BCUT2D eigenvalue weighted by Gasteiger charge is 2.16. The van der Waals surface area contributed by atoms with Crippen molar-refractivity contribution in [3.8, 4) is 17.0 Å². The molecule has 0 radical (unpaired) electrons. The Hall–Kier alpha value is -4.10. The van der Waals surface area contributed by atoms with Crippen LogP contribution in [-0.4, -0.2) is 26.9 Å². The molecule has 0 aliphatic rings. The molecular weight excluding hydrogens is 418 g/mol. The van der Waals surface area contributed by atoms with Crippen LogP contribution in [0.25, 0.3) is 5.69 Å². The quantitative estimate of drug-likeness (QED) is 0.327. The van der Waals surface area contributed by atoms with E-state index in [1.807, 2.05) is 18.4 Å². The standard InChI is InChI=1S/C21H17N5O4S/c1-12-4-3-5-17(13(12)2)26-19(28)16(18(27)25-21(26)30)10-23-20(29)24-14-6-8-15(9-7-14)31-11-22/h3-10,28H,1-2H3,(H,24,29)(H,25,27,30). The number of hydrogen-bond acceptors (Lipinski definition) is 6. The number of hydrogen-bond donors (Lipinski definition) is 3. The summed E-state index contributed by atoms with van der Waals surface area (Å²) in [5.74, 6) is -0.628. The van der Waals surface area contributed by atoms with Crippen molar-refractivity contribution in [2.45, 2.75) is 18.7 Å². The fourth-order valence-corrected chi connectivity index (χ4v) is 3.17. The first-order valence-corrected chi connectivity index (χ1v) is 9.79. The average molecular weight is 435 g/mol. The maximum absolute atomic E-state index is 12.3. The van der Waals surface area contributed by atoms with Crippen LogP contribution in [0.2, 0.25) is 0 Å². The van der Waals surface area contributed by atoms with E-state index in [-0.39, 0.29) is 5.56 Å². The Labute approximate surface area is 180 Å². The number of benzene rings is 2. The summed E-state index contributed by atoms with van der Waals surface area (Å²) in [5.41, 5.74) is 0.438. The van der Waals surface area contributed by atoms with Gasteiger partial charge < -0.3 is 10.4 Å². The molecule has 3 rings (SSSR count). The van der Waals surface area contributed by atoms with Crippen molar-refractivity contribution in [1.82, 2.24) is 9.55 Å². The summed E-state index contributed by atoms with van der Waals surface area (Å²) < 4.78 is 0.953. The zero-order valence-corrected chi connectivity index (χ0v) is 17.4. The Bertz CT molecular complexity index is 1330. The van der Waals surface area contributed by atoms with E-state index in [1.165, 1.54) is 0 Å². The molecule has 10 heteroatoms. The number of amides is 2. The molecule has 1 aromatic heterocycles. The molecule has 3 N–H and O–H groups in total. The van der Waals surface area contributed by atoms with Gasteiger partial charge in [-0.15, -0.1) is 0 Å². The molecule has 1 heterocycles. The molecule has 2 aromatic carbocycles. The number of thioether (sulfide) groups is 1. The molecule has 0 aliphatic heterocycles. The third-order valence-electron chi connectivity index (χ3n) is 4.52. The molecule has 156 valence electrons. The number of aliphatic imine (C=N–C) groups is 1. The summed E-state index contributed by atoms with van der Waals surface area (Å²) in [6.07, 6.45) is 0.893. The summed E-state index contributed by atoms with van der Waals surface area (Å²) >= 11 is 0.985. The Morgan fingerprint density at radius 3 is 2.61 bits per heavy atom. The molecule has 0 bridgehead atoms. The van der Waals surface area contributed by atoms with E-state index in [2.05, 4.69) is 15.3 Å². The van der Waals surface area contributed by atoms with E-state index < -0.39 is 23.2 Å². The van der Waals surface area contributed by atoms with Crippen molar-refractivity contribution in [3.05, 3.63) is 80.0 Å². The maximum Gasteiger partial charge on any atom is 0.345 e. The second-order valence-electron chi connectivity index (χ2n) is 6.46. The van der Waals surface area contributed by atoms with E-state index in [4.69, 9.17) is 5.26 Å². The number of aromatic amines is 1. The first-order valence-electron chi connectivity index (χ1n) is 8.97. The molecule has 0 fully saturated rings. The molecule has 0 atom stereocenters. The third-order valence-corrected chi connectivity index (χ3v) is 5.12. The van der Waals surface area contributed by atoms with Gasteiger partial charge in [-0.25, -0.2) is 19.1 Å². The number of aromatic hydroxyl groups is 1. The average Bonchev–Trinajstić information content (AvgIpc) is 2.72. The molecule has 0 spiro atoms. The number of carbonyl (C=O) groups is 1. The van der Waals surface area contributed by atoms with Gasteiger partial charge in [-0.1, -0.05) is 12.1 Å². The van der Waals surface area contributed by atoms with E-state index in [0.29, 0.717) is 16.3 Å². The van der Waals surface area contributed by atoms with Crippen LogP contribution in [0.15, 0.2) is 61.9 Å². The molecule has 0 aliphatic carbocycles. The Morgan fingerprint density at radius 2 is 1.94 bits per heavy atom. The van der Waals surface area contributed by atoms with Gasteiger partial charge in [0.2, 0.25) is 5.88 Å². The number of aryl methyl sites for hydroxylation is 1. The Kier molecular flexibility index (Phi) is 6.37. The van der Waals surface area contributed by atoms with Crippen molar-refractivity contribution in [2.24, 2.45) is 4.99 Å². The second kappa shape index (κ2) is 9.15. The second-order valence-corrected chi connectivity index (χ2v) is 7.32. The Balaban J connectivity index is 1.91. The summed E-state index contributed by atoms with van der Waals surface area (Å²) in [7, 11) is 0. The van der Waals surface area contributed by atoms with Gasteiger partial charge in [0.05, 0.1) is 11.9 Å². The lowest BCUT2D eigenvalue weighted by molar-refractivity contribution is 0.259. The van der Waals surface area contributed by atoms with Crippen LogP contribution in [0.1, 0.15) is 16.7 Å². The van der Waals surface area contributed by atoms with Gasteiger partial charge >= 0.3 is 11.7 Å². The predicted octanol–water partition coefficient (Wildman–Crippen LogP) is 3.07. The first kappa shape index (κ1) is 21.6. The highest BCUT2D eigenvalue weighted by molar-refractivity contribution is 8.03. The minimum atomic E-state index is -0.876. The fraction of sp³-hybridized carbons (Fsp3) is 0.0952. The minimum Gasteiger partial charge on any atom is -0.493 e. The van der Waals surface area contributed by atoms with Gasteiger partial charge in [-0.3, -0.25) is 9.78 Å². The summed E-state index contributed by atoms with van der Waals surface area (Å²) in [4.78, 5) is 43.1. The normalized spacial score (nSPS) is 10.7. The van der Waals surface area contributed by atoms with Crippen molar-refractivity contribution in [1.29, 1.82) is 5.26 Å². The monoisotopic (exact) mass is 435 g/mol. The number of carbonyl (C=O) groups excluding carboxylic acids is 1. The number of nitriles is 1. The molecular formula is C21H17N5O4S.